The highest BCUT2D eigenvalue weighted by molar-refractivity contribution is 5.80. The third-order valence-corrected chi connectivity index (χ3v) is 2.31. The van der Waals surface area contributed by atoms with Crippen molar-refractivity contribution in [3.63, 3.8) is 0 Å². The molecule has 0 aromatic carbocycles. The minimum Gasteiger partial charge on any atom is -0.369 e. The maximum Gasteiger partial charge on any atom is 0.221 e. The molecule has 1 amide bonds. The Morgan fingerprint density at radius 3 is 2.92 bits per heavy atom. The summed E-state index contributed by atoms with van der Waals surface area (Å²) in [4.78, 5) is 19.1. The second kappa shape index (κ2) is 2.80. The van der Waals surface area contributed by atoms with Crippen molar-refractivity contribution in [2.24, 2.45) is 11.7 Å². The lowest BCUT2D eigenvalue weighted by atomic mass is 10.2. The summed E-state index contributed by atoms with van der Waals surface area (Å²) in [5.41, 5.74) is 6.95. The van der Waals surface area contributed by atoms with Gasteiger partial charge in [-0.05, 0) is 13.3 Å². The van der Waals surface area contributed by atoms with Crippen LogP contribution in [0.3, 0.4) is 0 Å². The maximum atomic E-state index is 10.8. The molecule has 2 rings (SSSR count). The zero-order chi connectivity index (χ0) is 9.42. The third kappa shape index (κ3) is 1.52. The summed E-state index contributed by atoms with van der Waals surface area (Å²) in [6.45, 7) is 1.89. The van der Waals surface area contributed by atoms with Crippen molar-refractivity contribution in [2.45, 2.75) is 19.3 Å². The number of nitrogens with zero attached hydrogens (tertiary/aromatic N) is 2. The van der Waals surface area contributed by atoms with Gasteiger partial charge in [-0.1, -0.05) is 0 Å². The Morgan fingerprint density at radius 2 is 2.38 bits per heavy atom. The van der Waals surface area contributed by atoms with E-state index in [0.717, 1.165) is 17.8 Å². The van der Waals surface area contributed by atoms with Crippen LogP contribution in [0.2, 0.25) is 0 Å². The van der Waals surface area contributed by atoms with Crippen LogP contribution < -0.4 is 5.73 Å². The van der Waals surface area contributed by atoms with E-state index < -0.39 is 0 Å². The molecule has 0 saturated heterocycles. The monoisotopic (exact) mass is 177 g/mol. The Balaban J connectivity index is 2.16. The second-order valence-electron chi connectivity index (χ2n) is 3.44. The van der Waals surface area contributed by atoms with Gasteiger partial charge in [0, 0.05) is 24.2 Å². The van der Waals surface area contributed by atoms with Crippen molar-refractivity contribution in [3.8, 4) is 0 Å². The molecule has 0 spiro atoms. The molecule has 4 heteroatoms. The number of carbonyl (C=O) groups excluding carboxylic acids is 1. The van der Waals surface area contributed by atoms with Gasteiger partial charge in [0.15, 0.2) is 0 Å². The van der Waals surface area contributed by atoms with Crippen LogP contribution in [0.4, 0.5) is 0 Å². The van der Waals surface area contributed by atoms with Crippen LogP contribution in [0.1, 0.15) is 23.7 Å². The van der Waals surface area contributed by atoms with E-state index in [4.69, 9.17) is 5.73 Å². The van der Waals surface area contributed by atoms with E-state index in [2.05, 4.69) is 9.97 Å². The predicted octanol–water partition coefficient (Wildman–Crippen LogP) is 0.374. The van der Waals surface area contributed by atoms with Crippen LogP contribution in [0.5, 0.6) is 0 Å². The van der Waals surface area contributed by atoms with Crippen LogP contribution in [-0.2, 0) is 4.79 Å². The summed E-state index contributed by atoms with van der Waals surface area (Å²) in [6, 6.07) is 0. The fraction of sp³-hybridized carbons (Fsp3) is 0.444. The van der Waals surface area contributed by atoms with Gasteiger partial charge in [0.05, 0.1) is 11.4 Å². The van der Waals surface area contributed by atoms with E-state index in [1.165, 1.54) is 0 Å². The first kappa shape index (κ1) is 8.16. The molecule has 2 atom stereocenters. The third-order valence-electron chi connectivity index (χ3n) is 2.31. The van der Waals surface area contributed by atoms with Crippen LogP contribution in [0.15, 0.2) is 12.4 Å². The molecule has 0 radical (unpaired) electrons. The Labute approximate surface area is 76.2 Å². The van der Waals surface area contributed by atoms with Gasteiger partial charge in [-0.2, -0.15) is 0 Å². The van der Waals surface area contributed by atoms with Crippen LogP contribution in [0.25, 0.3) is 0 Å². The van der Waals surface area contributed by atoms with E-state index in [-0.39, 0.29) is 17.7 Å². The van der Waals surface area contributed by atoms with Crippen molar-refractivity contribution in [1.29, 1.82) is 0 Å². The molecule has 2 unspecified atom stereocenters. The zero-order valence-electron chi connectivity index (χ0n) is 7.40. The van der Waals surface area contributed by atoms with Crippen molar-refractivity contribution in [3.05, 3.63) is 23.8 Å². The molecule has 1 aliphatic carbocycles. The zero-order valence-corrected chi connectivity index (χ0v) is 7.40. The molecule has 68 valence electrons. The van der Waals surface area contributed by atoms with Gasteiger partial charge >= 0.3 is 0 Å². The molecule has 1 aliphatic rings. The van der Waals surface area contributed by atoms with Gasteiger partial charge in [-0.3, -0.25) is 14.8 Å². The van der Waals surface area contributed by atoms with Gasteiger partial charge in [-0.25, -0.2) is 0 Å². The molecule has 1 fully saturated rings. The number of nitrogens with two attached hydrogens (primary N) is 1. The van der Waals surface area contributed by atoms with E-state index in [9.17, 15) is 4.79 Å². The summed E-state index contributed by atoms with van der Waals surface area (Å²) in [6.07, 6.45) is 4.24. The highest BCUT2D eigenvalue weighted by Crippen LogP contribution is 2.46. The molecular weight excluding hydrogens is 166 g/mol. The highest BCUT2D eigenvalue weighted by atomic mass is 16.1. The lowest BCUT2D eigenvalue weighted by Crippen LogP contribution is -2.14. The lowest BCUT2D eigenvalue weighted by Gasteiger charge is -1.97. The van der Waals surface area contributed by atoms with Gasteiger partial charge in [0.2, 0.25) is 5.91 Å². The molecule has 13 heavy (non-hydrogen) atoms. The number of aromatic nitrogens is 2. The molecule has 1 aromatic rings. The van der Waals surface area contributed by atoms with E-state index in [0.29, 0.717) is 0 Å². The Kier molecular flexibility index (Phi) is 1.76. The second-order valence-corrected chi connectivity index (χ2v) is 3.44. The summed E-state index contributed by atoms with van der Waals surface area (Å²) >= 11 is 0. The Bertz CT molecular complexity index is 350. The minimum atomic E-state index is -0.228. The first-order valence-electron chi connectivity index (χ1n) is 4.26. The molecule has 2 N–H and O–H groups in total. The Hall–Kier alpha value is -1.45. The van der Waals surface area contributed by atoms with Crippen LogP contribution >= 0.6 is 0 Å². The van der Waals surface area contributed by atoms with Crippen LogP contribution in [-0.4, -0.2) is 15.9 Å². The Morgan fingerprint density at radius 1 is 1.62 bits per heavy atom. The normalized spacial score (nSPS) is 25.6. The minimum absolute atomic E-state index is 0.0175. The van der Waals surface area contributed by atoms with Crippen molar-refractivity contribution < 1.29 is 4.79 Å². The molecule has 1 heterocycles. The molecule has 4 nitrogen and oxygen atoms in total. The number of carbonyl (C=O) groups is 1. The van der Waals surface area contributed by atoms with Crippen molar-refractivity contribution >= 4 is 5.91 Å². The first-order valence-corrected chi connectivity index (χ1v) is 4.26. The van der Waals surface area contributed by atoms with Crippen molar-refractivity contribution in [1.82, 2.24) is 9.97 Å². The fourth-order valence-corrected chi connectivity index (χ4v) is 1.50. The number of hydrogen-bond acceptors (Lipinski definition) is 3. The lowest BCUT2D eigenvalue weighted by molar-refractivity contribution is -0.119. The largest absolute Gasteiger partial charge is 0.369 e. The highest BCUT2D eigenvalue weighted by Gasteiger charge is 2.43. The van der Waals surface area contributed by atoms with Crippen molar-refractivity contribution in [2.75, 3.05) is 0 Å². The van der Waals surface area contributed by atoms with Gasteiger partial charge in [0.25, 0.3) is 0 Å². The topological polar surface area (TPSA) is 68.9 Å². The van der Waals surface area contributed by atoms with E-state index >= 15 is 0 Å². The molecule has 0 bridgehead atoms. The molecule has 1 aromatic heterocycles. The molecule has 0 aliphatic heterocycles. The molecular formula is C9H11N3O. The van der Waals surface area contributed by atoms with E-state index in [1.54, 1.807) is 12.4 Å². The SMILES string of the molecule is Cc1cncc(C2CC2C(N)=O)n1. The summed E-state index contributed by atoms with van der Waals surface area (Å²) < 4.78 is 0. The fourth-order valence-electron chi connectivity index (χ4n) is 1.50. The van der Waals surface area contributed by atoms with Gasteiger partial charge < -0.3 is 5.73 Å². The number of aryl methyl sites for hydroxylation is 1. The average Bonchev–Trinajstić information content (AvgIpc) is 2.82. The van der Waals surface area contributed by atoms with Crippen LogP contribution in [0, 0.1) is 12.8 Å². The average molecular weight is 177 g/mol. The quantitative estimate of drug-likeness (QED) is 0.709. The summed E-state index contributed by atoms with van der Waals surface area (Å²) in [5, 5.41) is 0. The maximum absolute atomic E-state index is 10.8. The molecule has 1 saturated carbocycles. The summed E-state index contributed by atoms with van der Waals surface area (Å²) in [7, 11) is 0. The van der Waals surface area contributed by atoms with Gasteiger partial charge in [-0.15, -0.1) is 0 Å². The number of amides is 1. The van der Waals surface area contributed by atoms with Gasteiger partial charge in [0.1, 0.15) is 0 Å². The smallest absolute Gasteiger partial charge is 0.221 e. The summed E-state index contributed by atoms with van der Waals surface area (Å²) in [5.74, 6) is -0.0330. The standard InChI is InChI=1S/C9H11N3O/c1-5-3-11-4-8(12-5)6-2-7(6)9(10)13/h3-4,6-7H,2H2,1H3,(H2,10,13). The number of primary amides is 1. The number of hydrogen-bond donors (Lipinski definition) is 1. The number of rotatable bonds is 2. The first-order chi connectivity index (χ1) is 6.18. The predicted molar refractivity (Wildman–Crippen MR) is 46.8 cm³/mol. The van der Waals surface area contributed by atoms with E-state index in [1.807, 2.05) is 6.92 Å².